The van der Waals surface area contributed by atoms with Crippen molar-refractivity contribution in [2.45, 2.75) is 10.4 Å². The summed E-state index contributed by atoms with van der Waals surface area (Å²) in [4.78, 5) is 0.0810. The third-order valence-electron chi connectivity index (χ3n) is 1.29. The highest BCUT2D eigenvalue weighted by Crippen LogP contribution is 2.40. The lowest BCUT2D eigenvalue weighted by molar-refractivity contribution is -0.0328. The molecule has 0 aliphatic heterocycles. The summed E-state index contributed by atoms with van der Waals surface area (Å²) in [5, 5.41) is 0. The molecular weight excluding hydrogens is 201 g/mol. The monoisotopic (exact) mass is 208 g/mol. The molecule has 0 fully saturated rings. The SMILES string of the molecule is COc1ccccc1SC(F)(F)F. The standard InChI is InChI=1S/C8H7F3OS/c1-12-6-4-2-3-5-7(6)13-8(9,10)11/h2-5H,1H3. The van der Waals surface area contributed by atoms with Gasteiger partial charge in [-0.15, -0.1) is 0 Å². The van der Waals surface area contributed by atoms with Crippen LogP contribution in [0.25, 0.3) is 0 Å². The first-order valence-electron chi connectivity index (χ1n) is 3.41. The maximum absolute atomic E-state index is 12.0. The van der Waals surface area contributed by atoms with E-state index in [-0.39, 0.29) is 22.4 Å². The molecule has 0 atom stereocenters. The lowest BCUT2D eigenvalue weighted by Crippen LogP contribution is -2.00. The summed E-state index contributed by atoms with van der Waals surface area (Å²) >= 11 is -0.173. The van der Waals surface area contributed by atoms with Crippen molar-refractivity contribution in [1.29, 1.82) is 0 Å². The fourth-order valence-electron chi connectivity index (χ4n) is 0.828. The van der Waals surface area contributed by atoms with Gasteiger partial charge in [-0.1, -0.05) is 12.1 Å². The van der Waals surface area contributed by atoms with Crippen LogP contribution >= 0.6 is 11.8 Å². The molecule has 0 unspecified atom stereocenters. The number of thioether (sulfide) groups is 1. The van der Waals surface area contributed by atoms with Gasteiger partial charge in [-0.2, -0.15) is 13.2 Å². The minimum Gasteiger partial charge on any atom is -0.496 e. The lowest BCUT2D eigenvalue weighted by atomic mass is 10.3. The molecule has 13 heavy (non-hydrogen) atoms. The van der Waals surface area contributed by atoms with Crippen LogP contribution in [-0.4, -0.2) is 12.6 Å². The largest absolute Gasteiger partial charge is 0.496 e. The number of para-hydroxylation sites is 1. The molecule has 1 rings (SSSR count). The molecule has 5 heteroatoms. The highest BCUT2D eigenvalue weighted by molar-refractivity contribution is 8.00. The molecule has 0 spiro atoms. The normalized spacial score (nSPS) is 11.4. The second-order valence-electron chi connectivity index (χ2n) is 2.20. The van der Waals surface area contributed by atoms with Gasteiger partial charge in [0.15, 0.2) is 0 Å². The predicted molar refractivity (Wildman–Crippen MR) is 44.9 cm³/mol. The molecule has 1 nitrogen and oxygen atoms in total. The van der Waals surface area contributed by atoms with Crippen LogP contribution in [0.2, 0.25) is 0 Å². The Kier molecular flexibility index (Phi) is 3.08. The van der Waals surface area contributed by atoms with E-state index >= 15 is 0 Å². The van der Waals surface area contributed by atoms with Crippen molar-refractivity contribution >= 4 is 11.8 Å². The highest BCUT2D eigenvalue weighted by Gasteiger charge is 2.30. The van der Waals surface area contributed by atoms with E-state index < -0.39 is 5.51 Å². The molecule has 1 aromatic carbocycles. The number of hydrogen-bond acceptors (Lipinski definition) is 2. The van der Waals surface area contributed by atoms with Gasteiger partial charge in [-0.05, 0) is 23.9 Å². The van der Waals surface area contributed by atoms with Gasteiger partial charge in [0.2, 0.25) is 0 Å². The van der Waals surface area contributed by atoms with Gasteiger partial charge in [0.05, 0.1) is 12.0 Å². The zero-order valence-electron chi connectivity index (χ0n) is 6.76. The van der Waals surface area contributed by atoms with Crippen molar-refractivity contribution in [1.82, 2.24) is 0 Å². The number of rotatable bonds is 2. The fraction of sp³-hybridized carbons (Fsp3) is 0.250. The van der Waals surface area contributed by atoms with E-state index in [2.05, 4.69) is 0 Å². The first-order valence-corrected chi connectivity index (χ1v) is 4.23. The lowest BCUT2D eigenvalue weighted by Gasteiger charge is -2.09. The van der Waals surface area contributed by atoms with E-state index in [1.165, 1.54) is 25.3 Å². The number of benzene rings is 1. The van der Waals surface area contributed by atoms with Crippen molar-refractivity contribution < 1.29 is 17.9 Å². The fourth-order valence-corrected chi connectivity index (χ4v) is 1.48. The van der Waals surface area contributed by atoms with Crippen LogP contribution in [0.15, 0.2) is 29.2 Å². The van der Waals surface area contributed by atoms with E-state index in [1.807, 2.05) is 0 Å². The summed E-state index contributed by atoms with van der Waals surface area (Å²) in [6.07, 6.45) is 0. The molecule has 0 saturated carbocycles. The van der Waals surface area contributed by atoms with Crippen LogP contribution in [0.5, 0.6) is 5.75 Å². The summed E-state index contributed by atoms with van der Waals surface area (Å²) in [6, 6.07) is 6.03. The van der Waals surface area contributed by atoms with E-state index in [9.17, 15) is 13.2 Å². The molecule has 72 valence electrons. The number of hydrogen-bond donors (Lipinski definition) is 0. The van der Waals surface area contributed by atoms with Gasteiger partial charge in [0, 0.05) is 0 Å². The van der Waals surface area contributed by atoms with Crippen molar-refractivity contribution in [2.75, 3.05) is 7.11 Å². The molecule has 0 aliphatic carbocycles. The number of methoxy groups -OCH3 is 1. The predicted octanol–water partition coefficient (Wildman–Crippen LogP) is 3.31. The van der Waals surface area contributed by atoms with E-state index in [1.54, 1.807) is 6.07 Å². The van der Waals surface area contributed by atoms with Crippen molar-refractivity contribution in [3.05, 3.63) is 24.3 Å². The second-order valence-corrected chi connectivity index (χ2v) is 3.31. The Morgan fingerprint density at radius 3 is 2.38 bits per heavy atom. The Hall–Kier alpha value is -0.840. The summed E-state index contributed by atoms with van der Waals surface area (Å²) in [5.74, 6) is 0.241. The van der Waals surface area contributed by atoms with Crippen molar-refractivity contribution in [2.24, 2.45) is 0 Å². The van der Waals surface area contributed by atoms with Crippen LogP contribution < -0.4 is 4.74 Å². The maximum Gasteiger partial charge on any atom is 0.446 e. The Labute approximate surface area is 77.9 Å². The Bertz CT molecular complexity index is 285. The van der Waals surface area contributed by atoms with E-state index in [0.717, 1.165) is 0 Å². The molecule has 0 saturated heterocycles. The zero-order valence-corrected chi connectivity index (χ0v) is 7.58. The third-order valence-corrected chi connectivity index (χ3v) is 2.08. The smallest absolute Gasteiger partial charge is 0.446 e. The van der Waals surface area contributed by atoms with Crippen LogP contribution in [0, 0.1) is 0 Å². The van der Waals surface area contributed by atoms with Gasteiger partial charge in [0.25, 0.3) is 0 Å². The van der Waals surface area contributed by atoms with Crippen LogP contribution in [0.3, 0.4) is 0 Å². The molecular formula is C8H7F3OS. The molecule has 0 amide bonds. The van der Waals surface area contributed by atoms with Crippen LogP contribution in [0.4, 0.5) is 13.2 Å². The van der Waals surface area contributed by atoms with Crippen molar-refractivity contribution in [3.8, 4) is 5.75 Å². The van der Waals surface area contributed by atoms with E-state index in [4.69, 9.17) is 4.74 Å². The highest BCUT2D eigenvalue weighted by atomic mass is 32.2. The molecule has 0 radical (unpaired) electrons. The minimum atomic E-state index is -4.27. The minimum absolute atomic E-state index is 0.0810. The summed E-state index contributed by atoms with van der Waals surface area (Å²) in [6.45, 7) is 0. The molecule has 0 N–H and O–H groups in total. The van der Waals surface area contributed by atoms with Gasteiger partial charge in [-0.25, -0.2) is 0 Å². The molecule has 0 bridgehead atoms. The van der Waals surface area contributed by atoms with Gasteiger partial charge < -0.3 is 4.74 Å². The average molecular weight is 208 g/mol. The van der Waals surface area contributed by atoms with E-state index in [0.29, 0.717) is 0 Å². The number of halogens is 3. The first kappa shape index (κ1) is 10.2. The summed E-state index contributed by atoms with van der Waals surface area (Å²) in [7, 11) is 1.34. The maximum atomic E-state index is 12.0. The topological polar surface area (TPSA) is 9.23 Å². The summed E-state index contributed by atoms with van der Waals surface area (Å²) in [5.41, 5.74) is -4.27. The Balaban J connectivity index is 2.87. The number of alkyl halides is 3. The quantitative estimate of drug-likeness (QED) is 0.689. The molecule has 1 aromatic rings. The molecule has 0 aliphatic rings. The second kappa shape index (κ2) is 3.91. The zero-order chi connectivity index (χ0) is 9.90. The van der Waals surface area contributed by atoms with Gasteiger partial charge >= 0.3 is 5.51 Å². The van der Waals surface area contributed by atoms with Crippen LogP contribution in [-0.2, 0) is 0 Å². The molecule has 0 heterocycles. The van der Waals surface area contributed by atoms with Crippen molar-refractivity contribution in [3.63, 3.8) is 0 Å². The average Bonchev–Trinajstić information content (AvgIpc) is 2.02. The number of ether oxygens (including phenoxy) is 1. The van der Waals surface area contributed by atoms with Gasteiger partial charge in [0.1, 0.15) is 5.75 Å². The van der Waals surface area contributed by atoms with Crippen LogP contribution in [0.1, 0.15) is 0 Å². The Morgan fingerprint density at radius 2 is 1.85 bits per heavy atom. The Morgan fingerprint density at radius 1 is 1.23 bits per heavy atom. The first-order chi connectivity index (χ1) is 6.03. The molecule has 0 aromatic heterocycles. The third kappa shape index (κ3) is 3.18. The van der Waals surface area contributed by atoms with Gasteiger partial charge in [-0.3, -0.25) is 0 Å². The summed E-state index contributed by atoms with van der Waals surface area (Å²) < 4.78 is 40.7.